The van der Waals surface area contributed by atoms with Gasteiger partial charge in [-0.05, 0) is 35.2 Å². The van der Waals surface area contributed by atoms with Crippen LogP contribution in [0.15, 0.2) is 36.4 Å². The second-order valence-corrected chi connectivity index (χ2v) is 6.88. The summed E-state index contributed by atoms with van der Waals surface area (Å²) in [7, 11) is 0. The highest BCUT2D eigenvalue weighted by Crippen LogP contribution is 2.38. The maximum atomic E-state index is 12.6. The molecule has 2 atom stereocenters. The summed E-state index contributed by atoms with van der Waals surface area (Å²) in [4.78, 5) is 0. The zero-order valence-corrected chi connectivity index (χ0v) is 14.7. The first-order chi connectivity index (χ1) is 12.3. The molecule has 7 nitrogen and oxygen atoms in total. The highest BCUT2D eigenvalue weighted by molar-refractivity contribution is 5.63. The van der Waals surface area contributed by atoms with Gasteiger partial charge in [0.15, 0.2) is 0 Å². The Morgan fingerprint density at radius 2 is 1.30 bits per heavy atom. The molecule has 4 N–H and O–H groups in total. The minimum absolute atomic E-state index is 0.114. The van der Waals surface area contributed by atoms with Crippen LogP contribution in [0, 0.1) is 10.4 Å². The van der Waals surface area contributed by atoms with Gasteiger partial charge in [-0.15, -0.1) is 0 Å². The Hall–Kier alpha value is -2.21. The zero-order valence-electron chi connectivity index (χ0n) is 14.7. The lowest BCUT2D eigenvalue weighted by Crippen LogP contribution is -3.01. The Morgan fingerprint density at radius 1 is 0.852 bits per heavy atom. The van der Waals surface area contributed by atoms with Crippen molar-refractivity contribution in [3.63, 3.8) is 0 Å². The Labute approximate surface area is 152 Å². The van der Waals surface area contributed by atoms with E-state index < -0.39 is 33.4 Å². The van der Waals surface area contributed by atoms with Gasteiger partial charge in [-0.3, -0.25) is 0 Å². The van der Waals surface area contributed by atoms with Gasteiger partial charge in [0.25, 0.3) is 5.75 Å². The van der Waals surface area contributed by atoms with Crippen molar-refractivity contribution in [2.75, 3.05) is 0 Å². The molecule has 10 heteroatoms. The molecule has 0 heterocycles. The second-order valence-electron chi connectivity index (χ2n) is 6.88. The minimum atomic E-state index is -4.54. The van der Waals surface area contributed by atoms with Gasteiger partial charge in [-0.1, -0.05) is 20.8 Å². The van der Waals surface area contributed by atoms with Crippen molar-refractivity contribution in [1.29, 1.82) is 0 Å². The predicted molar refractivity (Wildman–Crippen MR) is 88.2 cm³/mol. The Kier molecular flexibility index (Phi) is 5.80. The zero-order chi connectivity index (χ0) is 20.6. The van der Waals surface area contributed by atoms with Gasteiger partial charge in [0.1, 0.15) is 5.75 Å². The first-order valence-electron chi connectivity index (χ1n) is 7.81. The van der Waals surface area contributed by atoms with Crippen molar-refractivity contribution in [1.82, 2.24) is 0 Å². The van der Waals surface area contributed by atoms with Gasteiger partial charge in [0, 0.05) is 12.1 Å². The fraction of sp³-hybridized carbons (Fsp3) is 0.294. The molecular weight excluding hydrogens is 369 g/mol. The van der Waals surface area contributed by atoms with Crippen molar-refractivity contribution in [2.24, 2.45) is 0 Å². The van der Waals surface area contributed by atoms with Crippen LogP contribution in [0.1, 0.15) is 31.9 Å². The van der Waals surface area contributed by atoms with E-state index in [1.54, 1.807) is 20.8 Å². The number of alkyl halides is 3. The van der Waals surface area contributed by atoms with Crippen molar-refractivity contribution in [3.8, 4) is 11.5 Å². The number of hydrogen-bond donors (Lipinski definition) is 4. The number of nitrogens with one attached hydrogen (secondary N) is 2. The molecule has 0 saturated carbocycles. The van der Waals surface area contributed by atoms with Crippen LogP contribution < -0.4 is 15.2 Å². The lowest BCUT2D eigenvalue weighted by Gasteiger charge is -2.25. The number of hydrogen-bond acceptors (Lipinski definition) is 5. The van der Waals surface area contributed by atoms with Gasteiger partial charge in [0.2, 0.25) is 11.4 Å². The molecule has 0 radical (unpaired) electrons. The van der Waals surface area contributed by atoms with E-state index in [1.165, 1.54) is 12.1 Å². The van der Waals surface area contributed by atoms with E-state index in [0.29, 0.717) is 5.56 Å². The molecule has 2 aromatic rings. The molecule has 0 aromatic heterocycles. The molecule has 0 saturated heterocycles. The molecule has 2 aromatic carbocycles. The average molecular weight is 388 g/mol. The SMILES string of the molecule is CC(C)(C)c1cc([NH+]([O-])O)c(Oc2ccc(C(F)(F)F)cc2)c([NH+]([O-])O)c1. The topological polar surface area (TPSA) is 105 Å². The van der Waals surface area contributed by atoms with Crippen LogP contribution in [-0.2, 0) is 11.6 Å². The van der Waals surface area contributed by atoms with E-state index in [2.05, 4.69) is 0 Å². The third kappa shape index (κ3) is 4.95. The molecule has 27 heavy (non-hydrogen) atoms. The second kappa shape index (κ2) is 7.43. The first-order valence-corrected chi connectivity index (χ1v) is 7.81. The van der Waals surface area contributed by atoms with E-state index in [9.17, 15) is 34.0 Å². The van der Waals surface area contributed by atoms with Crippen LogP contribution in [0.3, 0.4) is 0 Å². The molecular formula is C17H19F3N2O5. The van der Waals surface area contributed by atoms with Crippen LogP contribution >= 0.6 is 0 Å². The summed E-state index contributed by atoms with van der Waals surface area (Å²) < 4.78 is 43.3. The first kappa shape index (κ1) is 21.1. The maximum absolute atomic E-state index is 12.6. The Balaban J connectivity index is 2.54. The lowest BCUT2D eigenvalue weighted by molar-refractivity contribution is -0.996. The molecule has 0 aliphatic heterocycles. The normalized spacial score (nSPS) is 14.7. The molecule has 0 amide bonds. The van der Waals surface area contributed by atoms with Gasteiger partial charge in [-0.25, -0.2) is 10.4 Å². The largest absolute Gasteiger partial charge is 0.595 e. The van der Waals surface area contributed by atoms with E-state index in [0.717, 1.165) is 24.3 Å². The number of ether oxygens (including phenoxy) is 1. The summed E-state index contributed by atoms with van der Waals surface area (Å²) in [6, 6.07) is 6.12. The fourth-order valence-electron chi connectivity index (χ4n) is 2.32. The maximum Gasteiger partial charge on any atom is 0.416 e. The van der Waals surface area contributed by atoms with E-state index in [1.807, 2.05) is 0 Å². The summed E-state index contributed by atoms with van der Waals surface area (Å²) in [5.74, 6) is -0.556. The molecule has 0 bridgehead atoms. The minimum Gasteiger partial charge on any atom is -0.595 e. The highest BCUT2D eigenvalue weighted by Gasteiger charge is 2.31. The summed E-state index contributed by atoms with van der Waals surface area (Å²) >= 11 is 0. The Morgan fingerprint density at radius 3 is 1.63 bits per heavy atom. The average Bonchev–Trinajstić information content (AvgIpc) is 2.53. The van der Waals surface area contributed by atoms with Gasteiger partial charge >= 0.3 is 6.18 Å². The summed E-state index contributed by atoms with van der Waals surface area (Å²) in [5, 5.41) is 39.4. The highest BCUT2D eigenvalue weighted by atomic mass is 19.4. The molecule has 0 aliphatic rings. The number of benzene rings is 2. The number of quaternary nitrogens is 2. The van der Waals surface area contributed by atoms with Crippen molar-refractivity contribution >= 4 is 11.4 Å². The van der Waals surface area contributed by atoms with Crippen LogP contribution in [0.5, 0.6) is 11.5 Å². The lowest BCUT2D eigenvalue weighted by atomic mass is 9.86. The van der Waals surface area contributed by atoms with E-state index in [-0.39, 0.29) is 17.1 Å². The van der Waals surface area contributed by atoms with E-state index >= 15 is 0 Å². The molecule has 2 unspecified atom stereocenters. The standard InChI is InChI=1S/C17H19F3N2O5/c1-16(2,3)11-8-13(21(23)24)15(14(9-11)22(25)26)27-12-6-4-10(5-7-12)17(18,19)20/h4-9,21-23,25H,1-3H3. The third-order valence-electron chi connectivity index (χ3n) is 3.82. The number of halogens is 3. The quantitative estimate of drug-likeness (QED) is 0.603. The van der Waals surface area contributed by atoms with E-state index in [4.69, 9.17) is 4.74 Å². The summed E-state index contributed by atoms with van der Waals surface area (Å²) in [6.45, 7) is 5.36. The fourth-order valence-corrected chi connectivity index (χ4v) is 2.32. The third-order valence-corrected chi connectivity index (χ3v) is 3.82. The van der Waals surface area contributed by atoms with Gasteiger partial charge in [0.05, 0.1) is 5.56 Å². The van der Waals surface area contributed by atoms with Gasteiger partial charge in [-0.2, -0.15) is 23.6 Å². The summed E-state index contributed by atoms with van der Waals surface area (Å²) in [5.41, 5.74) is -1.74. The molecule has 2 rings (SSSR count). The number of rotatable bonds is 4. The van der Waals surface area contributed by atoms with Crippen LogP contribution in [-0.4, -0.2) is 10.4 Å². The van der Waals surface area contributed by atoms with Crippen molar-refractivity contribution in [2.45, 2.75) is 32.4 Å². The van der Waals surface area contributed by atoms with Crippen LogP contribution in [0.2, 0.25) is 0 Å². The monoisotopic (exact) mass is 388 g/mol. The van der Waals surface area contributed by atoms with Crippen molar-refractivity contribution in [3.05, 3.63) is 57.9 Å². The summed E-state index contributed by atoms with van der Waals surface area (Å²) in [6.07, 6.45) is -4.54. The Bertz CT molecular complexity index is 771. The molecule has 0 fully saturated rings. The van der Waals surface area contributed by atoms with Gasteiger partial charge < -0.3 is 15.2 Å². The van der Waals surface area contributed by atoms with Crippen LogP contribution in [0.4, 0.5) is 24.5 Å². The van der Waals surface area contributed by atoms with Crippen molar-refractivity contribution < 1.29 is 38.8 Å². The predicted octanol–water partition coefficient (Wildman–Crippen LogP) is 2.60. The van der Waals surface area contributed by atoms with Crippen LogP contribution in [0.25, 0.3) is 0 Å². The molecule has 0 spiro atoms. The molecule has 0 aliphatic carbocycles. The molecule has 148 valence electrons. The smallest absolute Gasteiger partial charge is 0.416 e.